The van der Waals surface area contributed by atoms with Gasteiger partial charge in [0, 0.05) is 13.6 Å². The summed E-state index contributed by atoms with van der Waals surface area (Å²) in [5.74, 6) is 1.87. The standard InChI is InChI=1S/C10H16N2OS/c1-4-11-10(14)12(3)7-9-6-5-8(2)13-9/h5-6H,4,7H2,1-3H3,(H,11,14). The van der Waals surface area contributed by atoms with Crippen LogP contribution in [0.25, 0.3) is 0 Å². The Hall–Kier alpha value is -1.03. The molecular weight excluding hydrogens is 196 g/mol. The highest BCUT2D eigenvalue weighted by molar-refractivity contribution is 7.80. The zero-order chi connectivity index (χ0) is 10.6. The number of hydrogen-bond acceptors (Lipinski definition) is 2. The first-order chi connectivity index (χ1) is 6.63. The highest BCUT2D eigenvalue weighted by Crippen LogP contribution is 2.08. The third-order valence-electron chi connectivity index (χ3n) is 1.86. The number of nitrogens with zero attached hydrogens (tertiary/aromatic N) is 1. The van der Waals surface area contributed by atoms with E-state index in [4.69, 9.17) is 16.6 Å². The van der Waals surface area contributed by atoms with Crippen LogP contribution in [0.3, 0.4) is 0 Å². The maximum atomic E-state index is 5.45. The second-order valence-corrected chi connectivity index (χ2v) is 3.59. The van der Waals surface area contributed by atoms with Crippen LogP contribution in [0.15, 0.2) is 16.5 Å². The van der Waals surface area contributed by atoms with Crippen molar-refractivity contribution in [2.75, 3.05) is 13.6 Å². The predicted molar refractivity (Wildman–Crippen MR) is 61.2 cm³/mol. The smallest absolute Gasteiger partial charge is 0.169 e. The van der Waals surface area contributed by atoms with Crippen molar-refractivity contribution in [1.29, 1.82) is 0 Å². The molecule has 1 N–H and O–H groups in total. The summed E-state index contributed by atoms with van der Waals surface area (Å²) < 4.78 is 5.45. The first kappa shape index (κ1) is 11.0. The van der Waals surface area contributed by atoms with E-state index in [1.165, 1.54) is 0 Å². The fraction of sp³-hybridized carbons (Fsp3) is 0.500. The van der Waals surface area contributed by atoms with Crippen LogP contribution in [0.2, 0.25) is 0 Å². The molecule has 0 saturated heterocycles. The molecule has 0 amide bonds. The average Bonchev–Trinajstić information content (AvgIpc) is 2.51. The summed E-state index contributed by atoms with van der Waals surface area (Å²) in [6.45, 7) is 5.52. The summed E-state index contributed by atoms with van der Waals surface area (Å²) in [7, 11) is 1.95. The summed E-state index contributed by atoms with van der Waals surface area (Å²) in [6.07, 6.45) is 0. The summed E-state index contributed by atoms with van der Waals surface area (Å²) in [4.78, 5) is 1.96. The van der Waals surface area contributed by atoms with Gasteiger partial charge in [-0.05, 0) is 38.2 Å². The molecule has 0 aromatic carbocycles. The van der Waals surface area contributed by atoms with Crippen molar-refractivity contribution in [3.63, 3.8) is 0 Å². The van der Waals surface area contributed by atoms with Gasteiger partial charge in [0.2, 0.25) is 0 Å². The van der Waals surface area contributed by atoms with E-state index < -0.39 is 0 Å². The minimum atomic E-state index is 0.708. The number of furan rings is 1. The molecule has 0 bridgehead atoms. The number of hydrogen-bond donors (Lipinski definition) is 1. The quantitative estimate of drug-likeness (QED) is 0.775. The molecule has 0 radical (unpaired) electrons. The number of aryl methyl sites for hydroxylation is 1. The normalized spacial score (nSPS) is 9.93. The molecule has 4 heteroatoms. The van der Waals surface area contributed by atoms with Crippen molar-refractivity contribution >= 4 is 17.3 Å². The van der Waals surface area contributed by atoms with Gasteiger partial charge in [-0.3, -0.25) is 0 Å². The Morgan fingerprint density at radius 3 is 2.79 bits per heavy atom. The summed E-state index contributed by atoms with van der Waals surface area (Å²) in [6, 6.07) is 3.93. The molecule has 0 atom stereocenters. The molecule has 0 saturated carbocycles. The lowest BCUT2D eigenvalue weighted by Gasteiger charge is -2.18. The highest BCUT2D eigenvalue weighted by Gasteiger charge is 2.06. The van der Waals surface area contributed by atoms with Gasteiger partial charge in [-0.25, -0.2) is 0 Å². The third kappa shape index (κ3) is 3.03. The molecule has 0 fully saturated rings. The van der Waals surface area contributed by atoms with Crippen LogP contribution in [-0.4, -0.2) is 23.6 Å². The molecule has 0 spiro atoms. The van der Waals surface area contributed by atoms with E-state index in [2.05, 4.69) is 5.32 Å². The van der Waals surface area contributed by atoms with Gasteiger partial charge in [0.05, 0.1) is 6.54 Å². The van der Waals surface area contributed by atoms with Crippen molar-refractivity contribution in [3.8, 4) is 0 Å². The van der Waals surface area contributed by atoms with Crippen molar-refractivity contribution in [2.45, 2.75) is 20.4 Å². The second-order valence-electron chi connectivity index (χ2n) is 3.20. The van der Waals surface area contributed by atoms with Crippen molar-refractivity contribution in [1.82, 2.24) is 10.2 Å². The Morgan fingerprint density at radius 2 is 2.29 bits per heavy atom. The molecule has 0 aliphatic rings. The van der Waals surface area contributed by atoms with Crippen LogP contribution in [0, 0.1) is 6.92 Å². The van der Waals surface area contributed by atoms with Crippen LogP contribution in [0.5, 0.6) is 0 Å². The Balaban J connectivity index is 2.48. The minimum absolute atomic E-state index is 0.708. The van der Waals surface area contributed by atoms with Gasteiger partial charge in [0.15, 0.2) is 5.11 Å². The molecule has 1 rings (SSSR count). The molecule has 1 aromatic heterocycles. The van der Waals surface area contributed by atoms with E-state index in [-0.39, 0.29) is 0 Å². The monoisotopic (exact) mass is 212 g/mol. The molecule has 1 aromatic rings. The van der Waals surface area contributed by atoms with Gasteiger partial charge in [-0.15, -0.1) is 0 Å². The van der Waals surface area contributed by atoms with Crippen LogP contribution < -0.4 is 5.32 Å². The Bertz CT molecular complexity index is 309. The van der Waals surface area contributed by atoms with Gasteiger partial charge >= 0.3 is 0 Å². The predicted octanol–water partition coefficient (Wildman–Crippen LogP) is 1.91. The van der Waals surface area contributed by atoms with Crippen molar-refractivity contribution in [2.24, 2.45) is 0 Å². The van der Waals surface area contributed by atoms with E-state index in [0.717, 1.165) is 23.2 Å². The van der Waals surface area contributed by atoms with Gasteiger partial charge < -0.3 is 14.6 Å². The summed E-state index contributed by atoms with van der Waals surface area (Å²) in [5.41, 5.74) is 0. The topological polar surface area (TPSA) is 28.4 Å². The van der Waals surface area contributed by atoms with Gasteiger partial charge in [-0.1, -0.05) is 0 Å². The molecule has 14 heavy (non-hydrogen) atoms. The maximum absolute atomic E-state index is 5.45. The largest absolute Gasteiger partial charge is 0.464 e. The maximum Gasteiger partial charge on any atom is 0.169 e. The molecule has 1 heterocycles. The Labute approximate surface area is 90.1 Å². The van der Waals surface area contributed by atoms with Gasteiger partial charge in [-0.2, -0.15) is 0 Å². The third-order valence-corrected chi connectivity index (χ3v) is 2.32. The first-order valence-electron chi connectivity index (χ1n) is 4.67. The zero-order valence-electron chi connectivity index (χ0n) is 8.83. The number of rotatable bonds is 3. The van der Waals surface area contributed by atoms with Crippen LogP contribution in [0.4, 0.5) is 0 Å². The van der Waals surface area contributed by atoms with Crippen LogP contribution in [-0.2, 0) is 6.54 Å². The first-order valence-corrected chi connectivity index (χ1v) is 5.08. The fourth-order valence-electron chi connectivity index (χ4n) is 1.16. The molecule has 0 unspecified atom stereocenters. The molecule has 0 aliphatic heterocycles. The van der Waals surface area contributed by atoms with Crippen LogP contribution >= 0.6 is 12.2 Å². The van der Waals surface area contributed by atoms with Crippen molar-refractivity contribution < 1.29 is 4.42 Å². The molecule has 78 valence electrons. The lowest BCUT2D eigenvalue weighted by molar-refractivity contribution is 0.397. The highest BCUT2D eigenvalue weighted by atomic mass is 32.1. The lowest BCUT2D eigenvalue weighted by atomic mass is 10.4. The van der Waals surface area contributed by atoms with Crippen LogP contribution in [0.1, 0.15) is 18.4 Å². The molecule has 0 aliphatic carbocycles. The van der Waals surface area contributed by atoms with E-state index in [9.17, 15) is 0 Å². The average molecular weight is 212 g/mol. The molecular formula is C10H16N2OS. The zero-order valence-corrected chi connectivity index (χ0v) is 9.65. The summed E-state index contributed by atoms with van der Waals surface area (Å²) >= 11 is 5.15. The Morgan fingerprint density at radius 1 is 1.57 bits per heavy atom. The van der Waals surface area contributed by atoms with E-state index >= 15 is 0 Å². The molecule has 3 nitrogen and oxygen atoms in total. The second kappa shape index (κ2) is 5.00. The lowest BCUT2D eigenvalue weighted by Crippen LogP contribution is -2.36. The Kier molecular flexibility index (Phi) is 3.95. The number of thiocarbonyl (C=S) groups is 1. The van der Waals surface area contributed by atoms with Gasteiger partial charge in [0.1, 0.15) is 11.5 Å². The fourth-order valence-corrected chi connectivity index (χ4v) is 1.37. The van der Waals surface area contributed by atoms with E-state index in [1.807, 2.05) is 37.9 Å². The van der Waals surface area contributed by atoms with E-state index in [0.29, 0.717) is 6.54 Å². The summed E-state index contributed by atoms with van der Waals surface area (Å²) in [5, 5.41) is 3.84. The SMILES string of the molecule is CCNC(=S)N(C)Cc1ccc(C)o1. The van der Waals surface area contributed by atoms with Crippen molar-refractivity contribution in [3.05, 3.63) is 23.7 Å². The number of nitrogens with one attached hydrogen (secondary N) is 1. The minimum Gasteiger partial charge on any atom is -0.464 e. The van der Waals surface area contributed by atoms with Gasteiger partial charge in [0.25, 0.3) is 0 Å². The van der Waals surface area contributed by atoms with E-state index in [1.54, 1.807) is 0 Å².